The van der Waals surface area contributed by atoms with Crippen LogP contribution in [0.25, 0.3) is 11.0 Å². The third-order valence-corrected chi connectivity index (χ3v) is 3.29. The first-order valence-corrected chi connectivity index (χ1v) is 6.41. The van der Waals surface area contributed by atoms with E-state index in [4.69, 9.17) is 9.47 Å². The molecule has 1 saturated heterocycles. The molecule has 1 aliphatic heterocycles. The Hall–Kier alpha value is -1.72. The molecule has 100 valence electrons. The molecule has 0 amide bonds. The number of rotatable bonds is 2. The Balaban J connectivity index is 2.05. The zero-order chi connectivity index (χ0) is 13.2. The Morgan fingerprint density at radius 1 is 1.37 bits per heavy atom. The number of benzene rings is 1. The predicted octanol–water partition coefficient (Wildman–Crippen LogP) is 1.12. The fourth-order valence-electron chi connectivity index (χ4n) is 2.35. The number of hydrogen-bond acceptors (Lipinski definition) is 4. The van der Waals surface area contributed by atoms with Crippen LogP contribution in [0.15, 0.2) is 29.1 Å². The molecular formula is C14H16N2O3. The monoisotopic (exact) mass is 260 g/mol. The lowest BCUT2D eigenvalue weighted by atomic mass is 10.2. The average Bonchev–Trinajstić information content (AvgIpc) is 2.45. The molecule has 0 N–H and O–H groups in total. The molecule has 5 heteroatoms. The maximum atomic E-state index is 12.3. The lowest BCUT2D eigenvalue weighted by molar-refractivity contribution is -0.0935. The fourth-order valence-corrected chi connectivity index (χ4v) is 2.35. The van der Waals surface area contributed by atoms with E-state index >= 15 is 0 Å². The molecule has 1 aromatic carbocycles. The highest BCUT2D eigenvalue weighted by atomic mass is 16.6. The molecule has 1 aromatic heterocycles. The van der Waals surface area contributed by atoms with Crippen molar-refractivity contribution >= 4 is 11.0 Å². The molecule has 3 rings (SSSR count). The number of hydrogen-bond donors (Lipinski definition) is 0. The van der Waals surface area contributed by atoms with Crippen LogP contribution in [0, 0.1) is 6.92 Å². The van der Waals surface area contributed by atoms with Crippen LogP contribution in [0.2, 0.25) is 0 Å². The van der Waals surface area contributed by atoms with E-state index in [1.807, 2.05) is 24.3 Å². The van der Waals surface area contributed by atoms with Crippen molar-refractivity contribution in [2.24, 2.45) is 0 Å². The summed E-state index contributed by atoms with van der Waals surface area (Å²) in [7, 11) is 0. The van der Waals surface area contributed by atoms with Crippen LogP contribution >= 0.6 is 0 Å². The average molecular weight is 260 g/mol. The van der Waals surface area contributed by atoms with Crippen molar-refractivity contribution in [1.29, 1.82) is 0 Å². The summed E-state index contributed by atoms with van der Waals surface area (Å²) >= 11 is 0. The van der Waals surface area contributed by atoms with Crippen molar-refractivity contribution in [1.82, 2.24) is 9.55 Å². The molecule has 0 unspecified atom stereocenters. The maximum Gasteiger partial charge on any atom is 0.272 e. The van der Waals surface area contributed by atoms with Gasteiger partial charge in [-0.2, -0.15) is 0 Å². The molecule has 0 radical (unpaired) electrons. The Morgan fingerprint density at radius 2 is 2.21 bits per heavy atom. The maximum absolute atomic E-state index is 12.3. The third kappa shape index (κ3) is 2.39. The van der Waals surface area contributed by atoms with Crippen molar-refractivity contribution in [2.45, 2.75) is 19.6 Å². The molecule has 1 aliphatic rings. The lowest BCUT2D eigenvalue weighted by Gasteiger charge is -2.24. The van der Waals surface area contributed by atoms with Gasteiger partial charge in [0.15, 0.2) is 0 Å². The van der Waals surface area contributed by atoms with E-state index in [2.05, 4.69) is 4.98 Å². The molecule has 2 aromatic rings. The second kappa shape index (κ2) is 5.11. The van der Waals surface area contributed by atoms with Gasteiger partial charge in [0.25, 0.3) is 5.56 Å². The van der Waals surface area contributed by atoms with Gasteiger partial charge in [-0.3, -0.25) is 4.79 Å². The summed E-state index contributed by atoms with van der Waals surface area (Å²) < 4.78 is 12.7. The third-order valence-electron chi connectivity index (χ3n) is 3.29. The van der Waals surface area contributed by atoms with E-state index < -0.39 is 0 Å². The van der Waals surface area contributed by atoms with Crippen LogP contribution < -0.4 is 5.56 Å². The highest BCUT2D eigenvalue weighted by Crippen LogP contribution is 2.12. The van der Waals surface area contributed by atoms with E-state index in [0.717, 1.165) is 11.0 Å². The summed E-state index contributed by atoms with van der Waals surface area (Å²) in [6, 6.07) is 7.65. The Morgan fingerprint density at radius 3 is 3.00 bits per heavy atom. The molecule has 5 nitrogen and oxygen atoms in total. The van der Waals surface area contributed by atoms with Gasteiger partial charge in [-0.1, -0.05) is 12.1 Å². The van der Waals surface area contributed by atoms with Crippen LogP contribution in [-0.2, 0) is 16.0 Å². The second-order valence-corrected chi connectivity index (χ2v) is 4.67. The molecule has 1 fully saturated rings. The first-order chi connectivity index (χ1) is 9.25. The summed E-state index contributed by atoms with van der Waals surface area (Å²) in [4.78, 5) is 16.6. The van der Waals surface area contributed by atoms with Gasteiger partial charge in [0.2, 0.25) is 0 Å². The molecule has 19 heavy (non-hydrogen) atoms. The zero-order valence-corrected chi connectivity index (χ0v) is 10.8. The van der Waals surface area contributed by atoms with Crippen molar-refractivity contribution in [3.8, 4) is 0 Å². The van der Waals surface area contributed by atoms with Gasteiger partial charge in [0, 0.05) is 0 Å². The van der Waals surface area contributed by atoms with Gasteiger partial charge < -0.3 is 14.0 Å². The van der Waals surface area contributed by atoms with Crippen LogP contribution in [0.3, 0.4) is 0 Å². The highest BCUT2D eigenvalue weighted by Gasteiger charge is 2.17. The molecule has 0 spiro atoms. The van der Waals surface area contributed by atoms with Crippen LogP contribution in [0.4, 0.5) is 0 Å². The number of para-hydroxylation sites is 2. The minimum Gasteiger partial charge on any atom is -0.376 e. The largest absolute Gasteiger partial charge is 0.376 e. The SMILES string of the molecule is Cc1nc2ccccc2n(C[C@@H]2COCCO2)c1=O. The number of ether oxygens (including phenoxy) is 2. The van der Waals surface area contributed by atoms with Crippen molar-refractivity contribution in [3.63, 3.8) is 0 Å². The quantitative estimate of drug-likeness (QED) is 0.812. The summed E-state index contributed by atoms with van der Waals surface area (Å²) in [6.45, 7) is 3.98. The normalized spacial score (nSPS) is 19.7. The molecular weight excluding hydrogens is 244 g/mol. The molecule has 2 heterocycles. The number of aromatic nitrogens is 2. The number of aryl methyl sites for hydroxylation is 1. The van der Waals surface area contributed by atoms with E-state index in [9.17, 15) is 4.79 Å². The Kier molecular flexibility index (Phi) is 3.31. The van der Waals surface area contributed by atoms with Crippen LogP contribution in [-0.4, -0.2) is 35.5 Å². The fraction of sp³-hybridized carbons (Fsp3) is 0.429. The van der Waals surface area contributed by atoms with E-state index in [1.54, 1.807) is 11.5 Å². The first-order valence-electron chi connectivity index (χ1n) is 6.41. The summed E-state index contributed by atoms with van der Waals surface area (Å²) in [6.07, 6.45) is -0.0725. The summed E-state index contributed by atoms with van der Waals surface area (Å²) in [5.74, 6) is 0. The predicted molar refractivity (Wildman–Crippen MR) is 71.3 cm³/mol. The molecule has 0 aliphatic carbocycles. The van der Waals surface area contributed by atoms with Gasteiger partial charge >= 0.3 is 0 Å². The topological polar surface area (TPSA) is 53.4 Å². The van der Waals surface area contributed by atoms with Crippen LogP contribution in [0.5, 0.6) is 0 Å². The minimum absolute atomic E-state index is 0.0622. The van der Waals surface area contributed by atoms with Crippen molar-refractivity contribution < 1.29 is 9.47 Å². The number of nitrogens with zero attached hydrogens (tertiary/aromatic N) is 2. The molecule has 1 atom stereocenters. The van der Waals surface area contributed by atoms with Crippen LogP contribution in [0.1, 0.15) is 5.69 Å². The molecule has 0 bridgehead atoms. The highest BCUT2D eigenvalue weighted by molar-refractivity contribution is 5.74. The zero-order valence-electron chi connectivity index (χ0n) is 10.8. The van der Waals surface area contributed by atoms with E-state index in [1.165, 1.54) is 0 Å². The Bertz CT molecular complexity index is 645. The van der Waals surface area contributed by atoms with Gasteiger partial charge in [-0.05, 0) is 19.1 Å². The van der Waals surface area contributed by atoms with E-state index in [-0.39, 0.29) is 11.7 Å². The standard InChI is InChI=1S/C14H16N2O3/c1-10-14(17)16(8-11-9-18-6-7-19-11)13-5-3-2-4-12(13)15-10/h2-5,11H,6-9H2,1H3/t11-/m1/s1. The first kappa shape index (κ1) is 12.3. The van der Waals surface area contributed by atoms with Crippen molar-refractivity contribution in [2.75, 3.05) is 19.8 Å². The summed E-state index contributed by atoms with van der Waals surface area (Å²) in [5, 5.41) is 0. The molecule has 0 saturated carbocycles. The van der Waals surface area contributed by atoms with Gasteiger partial charge in [-0.25, -0.2) is 4.98 Å². The number of fused-ring (bicyclic) bond motifs is 1. The smallest absolute Gasteiger partial charge is 0.272 e. The van der Waals surface area contributed by atoms with Crippen molar-refractivity contribution in [3.05, 3.63) is 40.3 Å². The van der Waals surface area contributed by atoms with Gasteiger partial charge in [-0.15, -0.1) is 0 Å². The Labute approximate surface area is 110 Å². The summed E-state index contributed by atoms with van der Waals surface area (Å²) in [5.41, 5.74) is 2.12. The minimum atomic E-state index is -0.0725. The lowest BCUT2D eigenvalue weighted by Crippen LogP contribution is -2.36. The van der Waals surface area contributed by atoms with E-state index in [0.29, 0.717) is 32.1 Å². The van der Waals surface area contributed by atoms with Gasteiger partial charge in [0.05, 0.1) is 43.5 Å². The van der Waals surface area contributed by atoms with Gasteiger partial charge in [0.1, 0.15) is 5.69 Å². The second-order valence-electron chi connectivity index (χ2n) is 4.67.